The minimum atomic E-state index is 0.402. The van der Waals surface area contributed by atoms with Crippen LogP contribution in [0.2, 0.25) is 0 Å². The van der Waals surface area contributed by atoms with E-state index in [9.17, 15) is 0 Å². The highest BCUT2D eigenvalue weighted by Crippen LogP contribution is 2.20. The first kappa shape index (κ1) is 10.6. The maximum atomic E-state index is 5.80. The molecule has 0 radical (unpaired) electrons. The Bertz CT molecular complexity index is 481. The Labute approximate surface area is 101 Å². The van der Waals surface area contributed by atoms with E-state index < -0.39 is 0 Å². The molecule has 2 aromatic rings. The lowest BCUT2D eigenvalue weighted by Gasteiger charge is -2.07. The summed E-state index contributed by atoms with van der Waals surface area (Å²) in [5.74, 6) is 0.402. The number of hydrogen-bond donors (Lipinski definition) is 0. The van der Waals surface area contributed by atoms with Crippen LogP contribution >= 0.6 is 27.5 Å². The van der Waals surface area contributed by atoms with Crippen LogP contribution in [0.1, 0.15) is 11.3 Å². The van der Waals surface area contributed by atoms with Crippen LogP contribution in [0.5, 0.6) is 0 Å². The van der Waals surface area contributed by atoms with E-state index in [0.717, 1.165) is 21.4 Å². The molecule has 0 aliphatic carbocycles. The van der Waals surface area contributed by atoms with Crippen molar-refractivity contribution in [1.82, 2.24) is 15.0 Å². The lowest BCUT2D eigenvalue weighted by Crippen LogP contribution is -2.02. The van der Waals surface area contributed by atoms with Crippen molar-refractivity contribution < 1.29 is 0 Å². The van der Waals surface area contributed by atoms with Gasteiger partial charge in [-0.15, -0.1) is 16.7 Å². The lowest BCUT2D eigenvalue weighted by atomic mass is 10.2. The van der Waals surface area contributed by atoms with Crippen molar-refractivity contribution in [1.29, 1.82) is 0 Å². The van der Waals surface area contributed by atoms with Crippen molar-refractivity contribution >= 4 is 27.5 Å². The highest BCUT2D eigenvalue weighted by atomic mass is 79.9. The number of rotatable bonds is 2. The Hall–Kier alpha value is -0.870. The van der Waals surface area contributed by atoms with E-state index in [0.29, 0.717) is 5.88 Å². The molecule has 0 unspecified atom stereocenters. The fraction of sp³-hybridized carbons (Fsp3) is 0.200. The summed E-state index contributed by atoms with van der Waals surface area (Å²) < 4.78 is 2.77. The van der Waals surface area contributed by atoms with Gasteiger partial charge in [-0.25, -0.2) is 4.68 Å². The minimum Gasteiger partial charge on any atom is -0.216 e. The quantitative estimate of drug-likeness (QED) is 0.794. The highest BCUT2D eigenvalue weighted by molar-refractivity contribution is 9.10. The van der Waals surface area contributed by atoms with Crippen LogP contribution in [0.15, 0.2) is 28.9 Å². The van der Waals surface area contributed by atoms with Gasteiger partial charge in [0.25, 0.3) is 0 Å². The van der Waals surface area contributed by atoms with Gasteiger partial charge in [0.1, 0.15) is 0 Å². The Kier molecular flexibility index (Phi) is 3.07. The minimum absolute atomic E-state index is 0.402. The van der Waals surface area contributed by atoms with E-state index in [-0.39, 0.29) is 0 Å². The number of aryl methyl sites for hydroxylation is 1. The summed E-state index contributed by atoms with van der Waals surface area (Å²) in [5, 5.41) is 7.87. The molecule has 15 heavy (non-hydrogen) atoms. The van der Waals surface area contributed by atoms with Crippen molar-refractivity contribution in [3.8, 4) is 5.69 Å². The van der Waals surface area contributed by atoms with Crippen molar-refractivity contribution in [3.05, 3.63) is 40.1 Å². The Morgan fingerprint density at radius 3 is 3.00 bits per heavy atom. The first-order chi connectivity index (χ1) is 7.22. The van der Waals surface area contributed by atoms with Gasteiger partial charge in [0.2, 0.25) is 0 Å². The molecule has 0 atom stereocenters. The van der Waals surface area contributed by atoms with Gasteiger partial charge in [0.05, 0.1) is 23.5 Å². The molecule has 5 heteroatoms. The average molecular weight is 287 g/mol. The van der Waals surface area contributed by atoms with Gasteiger partial charge in [0, 0.05) is 4.47 Å². The predicted molar refractivity (Wildman–Crippen MR) is 63.4 cm³/mol. The second-order valence-electron chi connectivity index (χ2n) is 3.20. The van der Waals surface area contributed by atoms with Crippen molar-refractivity contribution in [2.24, 2.45) is 0 Å². The molecule has 0 saturated heterocycles. The zero-order chi connectivity index (χ0) is 10.8. The fourth-order valence-electron chi connectivity index (χ4n) is 1.36. The second-order valence-corrected chi connectivity index (χ2v) is 4.38. The van der Waals surface area contributed by atoms with Crippen LogP contribution in [-0.4, -0.2) is 15.0 Å². The SMILES string of the molecule is Cc1ccc(Br)cc1-n1nncc1CCl. The first-order valence-corrected chi connectivity index (χ1v) is 5.77. The maximum Gasteiger partial charge on any atom is 0.0793 e. The second kappa shape index (κ2) is 4.33. The molecule has 0 N–H and O–H groups in total. The van der Waals surface area contributed by atoms with Gasteiger partial charge in [-0.3, -0.25) is 0 Å². The molecule has 1 aromatic heterocycles. The van der Waals surface area contributed by atoms with E-state index in [4.69, 9.17) is 11.6 Å². The van der Waals surface area contributed by atoms with Gasteiger partial charge in [-0.05, 0) is 24.6 Å². The average Bonchev–Trinajstić information content (AvgIpc) is 2.69. The summed E-state index contributed by atoms with van der Waals surface area (Å²) >= 11 is 9.24. The monoisotopic (exact) mass is 285 g/mol. The molecule has 0 saturated carbocycles. The van der Waals surface area contributed by atoms with E-state index in [1.165, 1.54) is 0 Å². The molecular formula is C10H9BrClN3. The molecular weight excluding hydrogens is 277 g/mol. The molecule has 0 aliphatic heterocycles. The summed E-state index contributed by atoms with van der Waals surface area (Å²) in [7, 11) is 0. The third-order valence-electron chi connectivity index (χ3n) is 2.16. The van der Waals surface area contributed by atoms with Crippen LogP contribution in [-0.2, 0) is 5.88 Å². The van der Waals surface area contributed by atoms with Crippen LogP contribution in [0, 0.1) is 6.92 Å². The molecule has 0 amide bonds. The van der Waals surface area contributed by atoms with Gasteiger partial charge >= 0.3 is 0 Å². The number of hydrogen-bond acceptors (Lipinski definition) is 2. The molecule has 0 spiro atoms. The number of aromatic nitrogens is 3. The number of halogens is 2. The molecule has 0 fully saturated rings. The standard InChI is InChI=1S/C10H9BrClN3/c1-7-2-3-8(11)4-10(7)15-9(5-12)6-13-14-15/h2-4,6H,5H2,1H3. The topological polar surface area (TPSA) is 30.7 Å². The van der Waals surface area contributed by atoms with Gasteiger partial charge in [-0.1, -0.05) is 27.2 Å². The molecule has 2 rings (SSSR count). The van der Waals surface area contributed by atoms with E-state index in [2.05, 4.69) is 26.2 Å². The summed E-state index contributed by atoms with van der Waals surface area (Å²) in [6.07, 6.45) is 1.67. The molecule has 78 valence electrons. The zero-order valence-electron chi connectivity index (χ0n) is 8.11. The largest absolute Gasteiger partial charge is 0.216 e. The fourth-order valence-corrected chi connectivity index (χ4v) is 1.89. The van der Waals surface area contributed by atoms with Gasteiger partial charge < -0.3 is 0 Å². The third-order valence-corrected chi connectivity index (χ3v) is 2.92. The van der Waals surface area contributed by atoms with E-state index in [1.54, 1.807) is 10.9 Å². The molecule has 1 aromatic carbocycles. The number of benzene rings is 1. The van der Waals surface area contributed by atoms with Crippen LogP contribution in [0.25, 0.3) is 5.69 Å². The molecule has 3 nitrogen and oxygen atoms in total. The molecule has 1 heterocycles. The Morgan fingerprint density at radius 1 is 1.47 bits per heavy atom. The predicted octanol–water partition coefficient (Wildman–Crippen LogP) is 3.08. The van der Waals surface area contributed by atoms with Crippen LogP contribution in [0.3, 0.4) is 0 Å². The summed E-state index contributed by atoms with van der Waals surface area (Å²) in [6.45, 7) is 2.03. The zero-order valence-corrected chi connectivity index (χ0v) is 10.5. The smallest absolute Gasteiger partial charge is 0.0793 e. The first-order valence-electron chi connectivity index (χ1n) is 4.44. The Balaban J connectivity index is 2.58. The number of nitrogens with zero attached hydrogens (tertiary/aromatic N) is 3. The van der Waals surface area contributed by atoms with Crippen molar-refractivity contribution in [2.45, 2.75) is 12.8 Å². The number of alkyl halides is 1. The maximum absolute atomic E-state index is 5.80. The molecule has 0 bridgehead atoms. The molecule has 0 aliphatic rings. The van der Waals surface area contributed by atoms with Crippen molar-refractivity contribution in [3.63, 3.8) is 0 Å². The van der Waals surface area contributed by atoms with Gasteiger partial charge in [-0.2, -0.15) is 0 Å². The highest BCUT2D eigenvalue weighted by Gasteiger charge is 2.07. The van der Waals surface area contributed by atoms with Crippen LogP contribution < -0.4 is 0 Å². The third kappa shape index (κ3) is 2.06. The van der Waals surface area contributed by atoms with Crippen LogP contribution in [0.4, 0.5) is 0 Å². The Morgan fingerprint density at radius 2 is 2.27 bits per heavy atom. The van der Waals surface area contributed by atoms with Crippen molar-refractivity contribution in [2.75, 3.05) is 0 Å². The summed E-state index contributed by atoms with van der Waals surface area (Å²) in [5.41, 5.74) is 3.02. The lowest BCUT2D eigenvalue weighted by molar-refractivity contribution is 0.776. The van der Waals surface area contributed by atoms with E-state index in [1.807, 2.05) is 25.1 Å². The summed E-state index contributed by atoms with van der Waals surface area (Å²) in [4.78, 5) is 0. The van der Waals surface area contributed by atoms with Gasteiger partial charge in [0.15, 0.2) is 0 Å². The summed E-state index contributed by atoms with van der Waals surface area (Å²) in [6, 6.07) is 6.02. The normalized spacial score (nSPS) is 10.6. The van der Waals surface area contributed by atoms with E-state index >= 15 is 0 Å².